The number of likely N-dealkylation sites (tertiary alicyclic amines) is 1. The first-order valence-corrected chi connectivity index (χ1v) is 8.07. The number of carbonyl (C=O) groups excluding carboxylic acids is 2. The molecule has 2 bridgehead atoms. The molecule has 2 saturated carbocycles. The quantitative estimate of drug-likeness (QED) is 0.739. The van der Waals surface area contributed by atoms with Gasteiger partial charge in [0, 0.05) is 24.9 Å². The molecule has 0 unspecified atom stereocenters. The minimum Gasteiger partial charge on any atom is -0.342 e. The van der Waals surface area contributed by atoms with Gasteiger partial charge in [-0.2, -0.15) is 0 Å². The molecule has 1 saturated heterocycles. The number of piperidine rings is 1. The van der Waals surface area contributed by atoms with Crippen LogP contribution in [0.5, 0.6) is 0 Å². The van der Waals surface area contributed by atoms with Crippen molar-refractivity contribution in [3.05, 3.63) is 0 Å². The van der Waals surface area contributed by atoms with E-state index in [4.69, 9.17) is 0 Å². The Morgan fingerprint density at radius 3 is 2.45 bits per heavy atom. The van der Waals surface area contributed by atoms with Crippen molar-refractivity contribution in [3.8, 4) is 0 Å². The summed E-state index contributed by atoms with van der Waals surface area (Å²) in [7, 11) is 0. The first kappa shape index (κ1) is 14.1. The molecule has 112 valence electrons. The molecule has 1 heterocycles. The van der Waals surface area contributed by atoms with E-state index in [1.54, 1.807) is 0 Å². The van der Waals surface area contributed by atoms with Crippen LogP contribution in [0.15, 0.2) is 0 Å². The molecule has 0 aromatic rings. The number of rotatable bonds is 1. The maximum Gasteiger partial charge on any atom is 0.229 e. The fraction of sp³-hybridized carbons (Fsp3) is 0.882. The second-order valence-corrected chi connectivity index (χ2v) is 8.14. The molecule has 3 rings (SSSR count). The molecule has 3 atom stereocenters. The van der Waals surface area contributed by atoms with Crippen molar-refractivity contribution in [2.24, 2.45) is 22.2 Å². The van der Waals surface area contributed by atoms with Crippen LogP contribution in [0, 0.1) is 22.2 Å². The number of hydrogen-bond acceptors (Lipinski definition) is 2. The zero-order valence-corrected chi connectivity index (χ0v) is 13.3. The third-order valence-corrected chi connectivity index (χ3v) is 7.06. The van der Waals surface area contributed by atoms with Crippen LogP contribution in [0.3, 0.4) is 0 Å². The fourth-order valence-corrected chi connectivity index (χ4v) is 5.01. The maximum atomic E-state index is 13.2. The van der Waals surface area contributed by atoms with Crippen LogP contribution >= 0.6 is 0 Å². The Bertz CT molecular complexity index is 470. The minimum atomic E-state index is -0.421. The van der Waals surface area contributed by atoms with Crippen molar-refractivity contribution in [1.82, 2.24) is 4.90 Å². The molecular formula is C17H27NO2. The van der Waals surface area contributed by atoms with Gasteiger partial charge in [0.15, 0.2) is 0 Å². The van der Waals surface area contributed by atoms with Crippen molar-refractivity contribution >= 4 is 11.7 Å². The zero-order valence-electron chi connectivity index (χ0n) is 13.3. The van der Waals surface area contributed by atoms with E-state index in [1.165, 1.54) is 6.42 Å². The van der Waals surface area contributed by atoms with E-state index < -0.39 is 5.41 Å². The summed E-state index contributed by atoms with van der Waals surface area (Å²) < 4.78 is 0. The highest BCUT2D eigenvalue weighted by Crippen LogP contribution is 2.71. The summed E-state index contributed by atoms with van der Waals surface area (Å²) in [5, 5.41) is 0. The average Bonchev–Trinajstić information content (AvgIpc) is 2.68. The standard InChI is InChI=1S/C17H27NO2/c1-12-6-5-9-18(11-12)14(20)17-8-7-16(4,13(19)10-17)15(17,2)3/h12H,5-11H2,1-4H3/t12-,16-,17-/m1/s1. The van der Waals surface area contributed by atoms with E-state index in [0.29, 0.717) is 18.1 Å². The molecule has 0 N–H and O–H groups in total. The molecule has 1 aliphatic heterocycles. The van der Waals surface area contributed by atoms with Crippen molar-refractivity contribution < 1.29 is 9.59 Å². The second kappa shape index (κ2) is 4.08. The van der Waals surface area contributed by atoms with Crippen LogP contribution in [0.2, 0.25) is 0 Å². The Balaban J connectivity index is 1.93. The SMILES string of the molecule is C[C@@H]1CCCN(C(=O)[C@@]23CC[C@](C)(C(=O)C2)C3(C)C)C1. The van der Waals surface area contributed by atoms with Gasteiger partial charge in [-0.25, -0.2) is 0 Å². The third-order valence-electron chi connectivity index (χ3n) is 7.06. The molecule has 1 amide bonds. The van der Waals surface area contributed by atoms with Gasteiger partial charge in [-0.15, -0.1) is 0 Å². The Hall–Kier alpha value is -0.860. The molecule has 2 aliphatic carbocycles. The van der Waals surface area contributed by atoms with Crippen LogP contribution < -0.4 is 0 Å². The predicted octanol–water partition coefficient (Wildman–Crippen LogP) is 3.03. The average molecular weight is 277 g/mol. The Kier molecular flexibility index (Phi) is 2.88. The van der Waals surface area contributed by atoms with Crippen molar-refractivity contribution in [1.29, 1.82) is 0 Å². The van der Waals surface area contributed by atoms with Crippen LogP contribution in [0.25, 0.3) is 0 Å². The van der Waals surface area contributed by atoms with E-state index in [9.17, 15) is 9.59 Å². The molecule has 3 aliphatic rings. The van der Waals surface area contributed by atoms with E-state index in [1.807, 2.05) is 0 Å². The van der Waals surface area contributed by atoms with Gasteiger partial charge in [-0.05, 0) is 37.0 Å². The highest BCUT2D eigenvalue weighted by Gasteiger charge is 2.73. The van der Waals surface area contributed by atoms with Crippen LogP contribution in [-0.2, 0) is 9.59 Å². The molecule has 0 aromatic heterocycles. The first-order chi connectivity index (χ1) is 9.24. The van der Waals surface area contributed by atoms with Crippen molar-refractivity contribution in [2.45, 2.75) is 59.8 Å². The zero-order chi connectivity index (χ0) is 14.8. The third kappa shape index (κ3) is 1.47. The number of hydrogen-bond donors (Lipinski definition) is 0. The Morgan fingerprint density at radius 2 is 1.95 bits per heavy atom. The lowest BCUT2D eigenvalue weighted by molar-refractivity contribution is -0.149. The Labute approximate surface area is 122 Å². The number of carbonyl (C=O) groups is 2. The lowest BCUT2D eigenvalue weighted by atomic mass is 9.64. The summed E-state index contributed by atoms with van der Waals surface area (Å²) in [6.07, 6.45) is 4.57. The fourth-order valence-electron chi connectivity index (χ4n) is 5.01. The second-order valence-electron chi connectivity index (χ2n) is 8.14. The molecule has 3 fully saturated rings. The molecule has 0 radical (unpaired) electrons. The van der Waals surface area contributed by atoms with Crippen LogP contribution in [0.1, 0.15) is 59.8 Å². The minimum absolute atomic E-state index is 0.200. The maximum absolute atomic E-state index is 13.2. The van der Waals surface area contributed by atoms with Gasteiger partial charge in [0.25, 0.3) is 0 Å². The number of fused-ring (bicyclic) bond motifs is 2. The molecule has 0 spiro atoms. The largest absolute Gasteiger partial charge is 0.342 e. The first-order valence-electron chi connectivity index (χ1n) is 8.07. The number of Topliss-reactive ketones (excluding diaryl/α,β-unsaturated/α-hetero) is 1. The smallest absolute Gasteiger partial charge is 0.229 e. The van der Waals surface area contributed by atoms with Gasteiger partial charge >= 0.3 is 0 Å². The van der Waals surface area contributed by atoms with Crippen LogP contribution in [0.4, 0.5) is 0 Å². The summed E-state index contributed by atoms with van der Waals surface area (Å²) in [5.41, 5.74) is -0.908. The highest BCUT2D eigenvalue weighted by molar-refractivity contribution is 5.99. The Morgan fingerprint density at radius 1 is 1.25 bits per heavy atom. The summed E-state index contributed by atoms with van der Waals surface area (Å²) in [4.78, 5) is 27.7. The van der Waals surface area contributed by atoms with Crippen molar-refractivity contribution in [2.75, 3.05) is 13.1 Å². The van der Waals surface area contributed by atoms with Gasteiger partial charge in [-0.3, -0.25) is 9.59 Å². The molecule has 0 aromatic carbocycles. The lowest BCUT2D eigenvalue weighted by Crippen LogP contribution is -2.51. The molecular weight excluding hydrogens is 250 g/mol. The van der Waals surface area contributed by atoms with Gasteiger partial charge < -0.3 is 4.90 Å². The molecule has 3 nitrogen and oxygen atoms in total. The van der Waals surface area contributed by atoms with E-state index in [0.717, 1.165) is 32.4 Å². The summed E-state index contributed by atoms with van der Waals surface area (Å²) in [5.74, 6) is 1.17. The monoisotopic (exact) mass is 277 g/mol. The van der Waals surface area contributed by atoms with Gasteiger partial charge in [0.2, 0.25) is 5.91 Å². The van der Waals surface area contributed by atoms with Gasteiger partial charge in [0.1, 0.15) is 5.78 Å². The van der Waals surface area contributed by atoms with Gasteiger partial charge in [0.05, 0.1) is 5.41 Å². The number of ketones is 1. The highest BCUT2D eigenvalue weighted by atomic mass is 16.2. The lowest BCUT2D eigenvalue weighted by Gasteiger charge is -2.43. The molecule has 3 heteroatoms. The normalized spacial score (nSPS) is 43.1. The molecule has 20 heavy (non-hydrogen) atoms. The summed E-state index contributed by atoms with van der Waals surface area (Å²) in [6.45, 7) is 10.4. The predicted molar refractivity (Wildman–Crippen MR) is 78.2 cm³/mol. The van der Waals surface area contributed by atoms with Gasteiger partial charge in [-0.1, -0.05) is 27.7 Å². The number of amides is 1. The van der Waals surface area contributed by atoms with E-state index in [2.05, 4.69) is 32.6 Å². The van der Waals surface area contributed by atoms with E-state index in [-0.39, 0.29) is 16.7 Å². The van der Waals surface area contributed by atoms with E-state index >= 15 is 0 Å². The van der Waals surface area contributed by atoms with Crippen LogP contribution in [-0.4, -0.2) is 29.7 Å². The summed E-state index contributed by atoms with van der Waals surface area (Å²) in [6, 6.07) is 0. The van der Waals surface area contributed by atoms with Crippen molar-refractivity contribution in [3.63, 3.8) is 0 Å². The topological polar surface area (TPSA) is 37.4 Å². The number of nitrogens with zero attached hydrogens (tertiary/aromatic N) is 1. The summed E-state index contributed by atoms with van der Waals surface area (Å²) >= 11 is 0.